The number of hydrogen-bond acceptors (Lipinski definition) is 4. The Labute approximate surface area is 148 Å². The average molecular weight is 339 g/mol. The zero-order chi connectivity index (χ0) is 17.6. The Balaban J connectivity index is 1.70. The maximum atomic E-state index is 11.4. The van der Waals surface area contributed by atoms with Crippen LogP contribution < -0.4 is 10.2 Å². The highest BCUT2D eigenvalue weighted by Gasteiger charge is 2.19. The molecule has 132 valence electrons. The highest BCUT2D eigenvalue weighted by atomic mass is 16.6. The van der Waals surface area contributed by atoms with Crippen LogP contribution in [0, 0.1) is 10.1 Å². The molecule has 2 aromatic rings. The summed E-state index contributed by atoms with van der Waals surface area (Å²) in [7, 11) is 0. The monoisotopic (exact) mass is 339 g/mol. The Morgan fingerprint density at radius 3 is 2.56 bits per heavy atom. The highest BCUT2D eigenvalue weighted by Crippen LogP contribution is 2.31. The molecule has 0 unspecified atom stereocenters. The summed E-state index contributed by atoms with van der Waals surface area (Å²) in [6.07, 6.45) is 4.25. The number of rotatable bonds is 7. The smallest absolute Gasteiger partial charge is 0.292 e. The second kappa shape index (κ2) is 8.01. The fourth-order valence-corrected chi connectivity index (χ4v) is 3.34. The number of nitro groups is 1. The zero-order valence-electron chi connectivity index (χ0n) is 14.6. The molecule has 0 aromatic heterocycles. The Hall–Kier alpha value is -2.56. The van der Waals surface area contributed by atoms with Gasteiger partial charge in [-0.1, -0.05) is 30.3 Å². The molecule has 1 atom stereocenters. The molecule has 5 nitrogen and oxygen atoms in total. The van der Waals surface area contributed by atoms with E-state index >= 15 is 0 Å². The van der Waals surface area contributed by atoms with Gasteiger partial charge in [-0.3, -0.25) is 10.1 Å². The molecular formula is C20H25N3O2. The first kappa shape index (κ1) is 17.3. The molecule has 1 saturated heterocycles. The van der Waals surface area contributed by atoms with Gasteiger partial charge in [0.1, 0.15) is 5.69 Å². The standard InChI is InChI=1S/C20H25N3O2/c1-16(9-10-17-7-3-2-4-8-17)21-19-15-18(22-13-5-6-14-22)11-12-20(19)23(24)25/h2-4,7-8,11-12,15-16,21H,5-6,9-10,13-14H2,1H3/t16-/m0/s1. The van der Waals surface area contributed by atoms with Crippen molar-refractivity contribution in [2.24, 2.45) is 0 Å². The summed E-state index contributed by atoms with van der Waals surface area (Å²) in [6, 6.07) is 15.9. The minimum Gasteiger partial charge on any atom is -0.377 e. The summed E-state index contributed by atoms with van der Waals surface area (Å²) in [6.45, 7) is 4.14. The van der Waals surface area contributed by atoms with Crippen molar-refractivity contribution in [3.63, 3.8) is 0 Å². The third-order valence-corrected chi connectivity index (χ3v) is 4.76. The summed E-state index contributed by atoms with van der Waals surface area (Å²) in [5, 5.41) is 14.7. The van der Waals surface area contributed by atoms with Crippen molar-refractivity contribution in [3.05, 3.63) is 64.2 Å². The second-order valence-electron chi connectivity index (χ2n) is 6.72. The minimum atomic E-state index is -0.306. The van der Waals surface area contributed by atoms with Gasteiger partial charge in [0.25, 0.3) is 5.69 Å². The van der Waals surface area contributed by atoms with Crippen LogP contribution in [-0.4, -0.2) is 24.1 Å². The van der Waals surface area contributed by atoms with Crippen molar-refractivity contribution >= 4 is 17.1 Å². The molecule has 3 rings (SSSR count). The first-order valence-corrected chi connectivity index (χ1v) is 8.97. The summed E-state index contributed by atoms with van der Waals surface area (Å²) >= 11 is 0. The van der Waals surface area contributed by atoms with Gasteiger partial charge in [0.15, 0.2) is 0 Å². The van der Waals surface area contributed by atoms with E-state index in [4.69, 9.17) is 0 Å². The maximum absolute atomic E-state index is 11.4. The van der Waals surface area contributed by atoms with Gasteiger partial charge in [-0.05, 0) is 50.3 Å². The van der Waals surface area contributed by atoms with E-state index in [9.17, 15) is 10.1 Å². The van der Waals surface area contributed by atoms with Crippen molar-refractivity contribution in [1.82, 2.24) is 0 Å². The molecule has 0 bridgehead atoms. The van der Waals surface area contributed by atoms with E-state index in [0.717, 1.165) is 31.6 Å². The van der Waals surface area contributed by atoms with Gasteiger partial charge >= 0.3 is 0 Å². The number of nitrogens with one attached hydrogen (secondary N) is 1. The lowest BCUT2D eigenvalue weighted by atomic mass is 10.1. The summed E-state index contributed by atoms with van der Waals surface area (Å²) in [5.74, 6) is 0. The van der Waals surface area contributed by atoms with Crippen LogP contribution in [0.1, 0.15) is 31.7 Å². The van der Waals surface area contributed by atoms with Gasteiger partial charge in [-0.15, -0.1) is 0 Å². The summed E-state index contributed by atoms with van der Waals surface area (Å²) in [5.41, 5.74) is 3.13. The van der Waals surface area contributed by atoms with Crippen LogP contribution in [0.2, 0.25) is 0 Å². The Bertz CT molecular complexity index is 712. The number of anilines is 2. The van der Waals surface area contributed by atoms with Crippen LogP contribution in [-0.2, 0) is 6.42 Å². The SMILES string of the molecule is C[C@@H](CCc1ccccc1)Nc1cc(N2CCCC2)ccc1[N+](=O)[O-]. The molecule has 2 aromatic carbocycles. The molecule has 25 heavy (non-hydrogen) atoms. The molecule has 1 N–H and O–H groups in total. The lowest BCUT2D eigenvalue weighted by molar-refractivity contribution is -0.384. The van der Waals surface area contributed by atoms with Crippen molar-refractivity contribution in [1.29, 1.82) is 0 Å². The van der Waals surface area contributed by atoms with Crippen LogP contribution >= 0.6 is 0 Å². The molecule has 1 heterocycles. The molecule has 1 aliphatic rings. The lowest BCUT2D eigenvalue weighted by Crippen LogP contribution is -2.20. The fraction of sp³-hybridized carbons (Fsp3) is 0.400. The topological polar surface area (TPSA) is 58.4 Å². The first-order chi connectivity index (χ1) is 12.1. The predicted octanol–water partition coefficient (Wildman–Crippen LogP) is 4.63. The van der Waals surface area contributed by atoms with Gasteiger partial charge in [0, 0.05) is 30.9 Å². The lowest BCUT2D eigenvalue weighted by Gasteiger charge is -2.20. The molecule has 1 fully saturated rings. The van der Waals surface area contributed by atoms with E-state index in [-0.39, 0.29) is 16.7 Å². The molecule has 1 aliphatic heterocycles. The van der Waals surface area contributed by atoms with Crippen molar-refractivity contribution in [2.75, 3.05) is 23.3 Å². The summed E-state index contributed by atoms with van der Waals surface area (Å²) in [4.78, 5) is 13.4. The van der Waals surface area contributed by atoms with Crippen molar-refractivity contribution in [3.8, 4) is 0 Å². The third-order valence-electron chi connectivity index (χ3n) is 4.76. The molecule has 0 radical (unpaired) electrons. The molecule has 0 saturated carbocycles. The Kier molecular flexibility index (Phi) is 5.53. The van der Waals surface area contributed by atoms with Crippen LogP contribution in [0.25, 0.3) is 0 Å². The zero-order valence-corrected chi connectivity index (χ0v) is 14.6. The van der Waals surface area contributed by atoms with Crippen LogP contribution in [0.4, 0.5) is 17.1 Å². The van der Waals surface area contributed by atoms with Gasteiger partial charge < -0.3 is 10.2 Å². The highest BCUT2D eigenvalue weighted by molar-refractivity contribution is 5.69. The number of aryl methyl sites for hydroxylation is 1. The number of hydrogen-bond donors (Lipinski definition) is 1. The van der Waals surface area contributed by atoms with Gasteiger partial charge in [0.2, 0.25) is 0 Å². The third kappa shape index (κ3) is 4.50. The van der Waals surface area contributed by atoms with E-state index in [1.54, 1.807) is 6.07 Å². The van der Waals surface area contributed by atoms with Crippen molar-refractivity contribution < 1.29 is 4.92 Å². The normalized spacial score (nSPS) is 15.2. The fourth-order valence-electron chi connectivity index (χ4n) is 3.34. The van der Waals surface area contributed by atoms with Gasteiger partial charge in [-0.25, -0.2) is 0 Å². The predicted molar refractivity (Wildman–Crippen MR) is 102 cm³/mol. The maximum Gasteiger partial charge on any atom is 0.292 e. The van der Waals surface area contributed by atoms with E-state index in [1.165, 1.54) is 18.4 Å². The van der Waals surface area contributed by atoms with E-state index < -0.39 is 0 Å². The van der Waals surface area contributed by atoms with E-state index in [0.29, 0.717) is 5.69 Å². The molecule has 0 amide bonds. The first-order valence-electron chi connectivity index (χ1n) is 8.97. The number of benzene rings is 2. The van der Waals surface area contributed by atoms with Crippen LogP contribution in [0.3, 0.4) is 0 Å². The Morgan fingerprint density at radius 2 is 1.88 bits per heavy atom. The average Bonchev–Trinajstić information content (AvgIpc) is 3.15. The van der Waals surface area contributed by atoms with E-state index in [2.05, 4.69) is 29.3 Å². The van der Waals surface area contributed by atoms with Crippen LogP contribution in [0.5, 0.6) is 0 Å². The number of nitrogens with zero attached hydrogens (tertiary/aromatic N) is 2. The number of nitro benzene ring substituents is 1. The van der Waals surface area contributed by atoms with Gasteiger partial charge in [-0.2, -0.15) is 0 Å². The van der Waals surface area contributed by atoms with Gasteiger partial charge in [0.05, 0.1) is 4.92 Å². The Morgan fingerprint density at radius 1 is 1.16 bits per heavy atom. The summed E-state index contributed by atoms with van der Waals surface area (Å²) < 4.78 is 0. The van der Waals surface area contributed by atoms with Crippen molar-refractivity contribution in [2.45, 2.75) is 38.6 Å². The second-order valence-corrected chi connectivity index (χ2v) is 6.72. The van der Waals surface area contributed by atoms with Crippen LogP contribution in [0.15, 0.2) is 48.5 Å². The largest absolute Gasteiger partial charge is 0.377 e. The molecule has 0 aliphatic carbocycles. The molecular weight excluding hydrogens is 314 g/mol. The molecule has 5 heteroatoms. The molecule has 0 spiro atoms. The van der Waals surface area contributed by atoms with E-state index in [1.807, 2.05) is 30.3 Å². The quantitative estimate of drug-likeness (QED) is 0.590. The minimum absolute atomic E-state index is 0.148.